The van der Waals surface area contributed by atoms with Crippen molar-refractivity contribution < 1.29 is 4.42 Å². The Bertz CT molecular complexity index is 2490. The third-order valence-corrected chi connectivity index (χ3v) is 9.82. The van der Waals surface area contributed by atoms with Crippen molar-refractivity contribution in [3.63, 3.8) is 0 Å². The van der Waals surface area contributed by atoms with E-state index in [1.807, 2.05) is 23.5 Å². The summed E-state index contributed by atoms with van der Waals surface area (Å²) in [5.74, 6) is 0. The summed E-state index contributed by atoms with van der Waals surface area (Å²) < 4.78 is 8.97. The maximum atomic E-state index is 6.33. The van der Waals surface area contributed by atoms with Crippen molar-refractivity contribution in [3.8, 4) is 22.3 Å². The van der Waals surface area contributed by atoms with Crippen molar-refractivity contribution in [2.75, 3.05) is 4.90 Å². The normalized spacial score (nSPS) is 11.6. The minimum atomic E-state index is 0.880. The highest BCUT2D eigenvalue weighted by atomic mass is 32.1. The summed E-state index contributed by atoms with van der Waals surface area (Å²) in [6, 6.07) is 58.5. The highest BCUT2D eigenvalue weighted by molar-refractivity contribution is 7.25. The second kappa shape index (κ2) is 10.5. The van der Waals surface area contributed by atoms with Gasteiger partial charge >= 0.3 is 0 Å². The molecule has 7 aromatic carbocycles. The summed E-state index contributed by atoms with van der Waals surface area (Å²) in [5, 5.41) is 4.84. The number of nitrogens with zero attached hydrogens (tertiary/aromatic N) is 1. The molecule has 0 aliphatic rings. The van der Waals surface area contributed by atoms with Crippen LogP contribution in [-0.4, -0.2) is 0 Å². The van der Waals surface area contributed by atoms with E-state index in [1.54, 1.807) is 0 Å². The smallest absolute Gasteiger partial charge is 0.137 e. The molecule has 0 spiro atoms. The number of hydrogen-bond donors (Lipinski definition) is 0. The van der Waals surface area contributed by atoms with Crippen LogP contribution >= 0.6 is 11.3 Å². The number of rotatable bonds is 5. The van der Waals surface area contributed by atoms with E-state index in [2.05, 4.69) is 157 Å². The Balaban J connectivity index is 1.23. The van der Waals surface area contributed by atoms with E-state index in [0.29, 0.717) is 0 Å². The molecule has 212 valence electrons. The average molecular weight is 594 g/mol. The molecule has 0 aliphatic heterocycles. The standard InChI is InChI=1S/C42H27NOS/c1-2-10-28(11-3-1)29-20-23-32(24-21-29)43(37-16-9-18-39-42(37)35-15-4-6-17-38(35)44-39)33-13-8-12-30(26-33)31-22-25-41-36(27-31)34-14-5-7-19-40(34)45-41/h1-27H. The zero-order chi connectivity index (χ0) is 29.7. The topological polar surface area (TPSA) is 16.4 Å². The monoisotopic (exact) mass is 593 g/mol. The van der Waals surface area contributed by atoms with Gasteiger partial charge in [0.25, 0.3) is 0 Å². The van der Waals surface area contributed by atoms with E-state index in [-0.39, 0.29) is 0 Å². The molecule has 0 atom stereocenters. The first kappa shape index (κ1) is 25.8. The minimum Gasteiger partial charge on any atom is -0.456 e. The third-order valence-electron chi connectivity index (χ3n) is 8.67. The Morgan fingerprint density at radius 3 is 1.93 bits per heavy atom. The fraction of sp³-hybridized carbons (Fsp3) is 0. The zero-order valence-corrected chi connectivity index (χ0v) is 25.2. The SMILES string of the molecule is c1ccc(-c2ccc(N(c3cccc(-c4ccc5sc6ccccc6c5c4)c3)c3cccc4oc5ccccc5c34)cc2)cc1. The molecular formula is C42H27NOS. The molecule has 45 heavy (non-hydrogen) atoms. The molecule has 2 aromatic heterocycles. The summed E-state index contributed by atoms with van der Waals surface area (Å²) in [6.45, 7) is 0. The van der Waals surface area contributed by atoms with Crippen LogP contribution in [0.25, 0.3) is 64.4 Å². The van der Waals surface area contributed by atoms with Crippen molar-refractivity contribution in [3.05, 3.63) is 164 Å². The average Bonchev–Trinajstić information content (AvgIpc) is 3.68. The number of anilines is 3. The quantitative estimate of drug-likeness (QED) is 0.197. The van der Waals surface area contributed by atoms with E-state index >= 15 is 0 Å². The molecule has 0 saturated carbocycles. The predicted molar refractivity (Wildman–Crippen MR) is 192 cm³/mol. The first-order chi connectivity index (χ1) is 22.3. The third kappa shape index (κ3) is 4.40. The van der Waals surface area contributed by atoms with Gasteiger partial charge in [-0.3, -0.25) is 0 Å². The highest BCUT2D eigenvalue weighted by Crippen LogP contribution is 2.44. The minimum absolute atomic E-state index is 0.880. The largest absolute Gasteiger partial charge is 0.456 e. The van der Waals surface area contributed by atoms with Crippen LogP contribution in [0.1, 0.15) is 0 Å². The predicted octanol–water partition coefficient (Wildman–Crippen LogP) is 12.8. The maximum absolute atomic E-state index is 6.33. The number of benzene rings is 7. The molecule has 9 rings (SSSR count). The Morgan fingerprint density at radius 2 is 1.04 bits per heavy atom. The lowest BCUT2D eigenvalue weighted by Crippen LogP contribution is -2.10. The van der Waals surface area contributed by atoms with Crippen molar-refractivity contribution in [2.45, 2.75) is 0 Å². The van der Waals surface area contributed by atoms with Crippen LogP contribution in [0.3, 0.4) is 0 Å². The van der Waals surface area contributed by atoms with Gasteiger partial charge in [0.05, 0.1) is 11.1 Å². The van der Waals surface area contributed by atoms with Crippen molar-refractivity contribution >= 4 is 70.5 Å². The molecule has 0 fully saturated rings. The molecule has 0 radical (unpaired) electrons. The number of hydrogen-bond acceptors (Lipinski definition) is 3. The Hall–Kier alpha value is -5.64. The van der Waals surface area contributed by atoms with Crippen molar-refractivity contribution in [1.29, 1.82) is 0 Å². The summed E-state index contributed by atoms with van der Waals surface area (Å²) in [5.41, 5.74) is 9.82. The fourth-order valence-corrected chi connectivity index (χ4v) is 7.62. The summed E-state index contributed by atoms with van der Waals surface area (Å²) >= 11 is 1.85. The van der Waals surface area contributed by atoms with Gasteiger partial charge in [-0.25, -0.2) is 0 Å². The molecule has 0 bridgehead atoms. The number of thiophene rings is 1. The van der Waals surface area contributed by atoms with Crippen molar-refractivity contribution in [2.24, 2.45) is 0 Å². The van der Waals surface area contributed by atoms with Gasteiger partial charge in [0.15, 0.2) is 0 Å². The highest BCUT2D eigenvalue weighted by Gasteiger charge is 2.20. The van der Waals surface area contributed by atoms with Gasteiger partial charge in [-0.05, 0) is 82.9 Å². The summed E-state index contributed by atoms with van der Waals surface area (Å²) in [4.78, 5) is 2.36. The van der Waals surface area contributed by atoms with Gasteiger partial charge in [-0.2, -0.15) is 0 Å². The lowest BCUT2D eigenvalue weighted by atomic mass is 10.0. The van der Waals surface area contributed by atoms with Crippen LogP contribution in [0, 0.1) is 0 Å². The summed E-state index contributed by atoms with van der Waals surface area (Å²) in [7, 11) is 0. The van der Waals surface area contributed by atoms with E-state index in [4.69, 9.17) is 4.42 Å². The van der Waals surface area contributed by atoms with Gasteiger partial charge in [0.2, 0.25) is 0 Å². The maximum Gasteiger partial charge on any atom is 0.137 e. The molecular weight excluding hydrogens is 567 g/mol. The van der Waals surface area contributed by atoms with Crippen LogP contribution in [0.2, 0.25) is 0 Å². The van der Waals surface area contributed by atoms with Gasteiger partial charge < -0.3 is 9.32 Å². The number of fused-ring (bicyclic) bond motifs is 6. The van der Waals surface area contributed by atoms with Gasteiger partial charge in [0.1, 0.15) is 11.2 Å². The molecule has 0 N–H and O–H groups in total. The van der Waals surface area contributed by atoms with Crippen molar-refractivity contribution in [1.82, 2.24) is 0 Å². The van der Waals surface area contributed by atoms with E-state index < -0.39 is 0 Å². The first-order valence-corrected chi connectivity index (χ1v) is 16.0. The lowest BCUT2D eigenvalue weighted by Gasteiger charge is -2.27. The van der Waals surface area contributed by atoms with Gasteiger partial charge in [-0.15, -0.1) is 11.3 Å². The molecule has 3 heteroatoms. The first-order valence-electron chi connectivity index (χ1n) is 15.2. The molecule has 2 heterocycles. The number of para-hydroxylation sites is 1. The second-order valence-electron chi connectivity index (χ2n) is 11.4. The van der Waals surface area contributed by atoms with Gasteiger partial charge in [-0.1, -0.05) is 103 Å². The van der Waals surface area contributed by atoms with Crippen LogP contribution in [0.15, 0.2) is 168 Å². The van der Waals surface area contributed by atoms with Crippen LogP contribution in [-0.2, 0) is 0 Å². The lowest BCUT2D eigenvalue weighted by molar-refractivity contribution is 0.669. The molecule has 2 nitrogen and oxygen atoms in total. The number of furan rings is 1. The van der Waals surface area contributed by atoms with Crippen LogP contribution in [0.4, 0.5) is 17.1 Å². The second-order valence-corrected chi connectivity index (χ2v) is 12.4. The summed E-state index contributed by atoms with van der Waals surface area (Å²) in [6.07, 6.45) is 0. The Morgan fingerprint density at radius 1 is 0.400 bits per heavy atom. The zero-order valence-electron chi connectivity index (χ0n) is 24.4. The molecule has 9 aromatic rings. The Kier molecular flexibility index (Phi) is 6.03. The molecule has 0 aliphatic carbocycles. The van der Waals surface area contributed by atoms with Gasteiger partial charge in [0, 0.05) is 36.9 Å². The molecule has 0 amide bonds. The van der Waals surface area contributed by atoms with Crippen LogP contribution < -0.4 is 4.90 Å². The molecule has 0 saturated heterocycles. The van der Waals surface area contributed by atoms with E-state index in [1.165, 1.54) is 42.4 Å². The van der Waals surface area contributed by atoms with Crippen LogP contribution in [0.5, 0.6) is 0 Å². The van der Waals surface area contributed by atoms with E-state index in [9.17, 15) is 0 Å². The Labute approximate surface area is 265 Å². The molecule has 0 unspecified atom stereocenters. The fourth-order valence-electron chi connectivity index (χ4n) is 6.53. The van der Waals surface area contributed by atoms with E-state index in [0.717, 1.165) is 39.0 Å².